The van der Waals surface area contributed by atoms with Crippen LogP contribution in [-0.4, -0.2) is 25.2 Å². The monoisotopic (exact) mass is 563 g/mol. The van der Waals surface area contributed by atoms with E-state index in [0.717, 1.165) is 29.7 Å². The van der Waals surface area contributed by atoms with Gasteiger partial charge in [0.2, 0.25) is 0 Å². The van der Waals surface area contributed by atoms with E-state index in [1.807, 2.05) is 48.5 Å². The van der Waals surface area contributed by atoms with Gasteiger partial charge in [-0.05, 0) is 65.3 Å². The van der Waals surface area contributed by atoms with Gasteiger partial charge in [0.1, 0.15) is 25.6 Å². The summed E-state index contributed by atoms with van der Waals surface area (Å²) in [5.41, 5.74) is 8.05. The quantitative estimate of drug-likeness (QED) is 0.133. The van der Waals surface area contributed by atoms with E-state index in [-0.39, 0.29) is 18.5 Å². The van der Waals surface area contributed by atoms with Crippen LogP contribution >= 0.6 is 0 Å². The molecule has 6 heteroatoms. The molecule has 1 aliphatic rings. The first-order valence-electron chi connectivity index (χ1n) is 14.6. The lowest BCUT2D eigenvalue weighted by atomic mass is 9.98. The molecule has 0 atom stereocenters. The number of unbranched alkanes of at least 4 members (excludes halogenated alkanes) is 2. The molecular weight excluding hydrogens is 526 g/mol. The third kappa shape index (κ3) is 7.78. The predicted molar refractivity (Wildman–Crippen MR) is 163 cm³/mol. The van der Waals surface area contributed by atoms with Crippen molar-refractivity contribution in [2.24, 2.45) is 0 Å². The van der Waals surface area contributed by atoms with Crippen molar-refractivity contribution in [3.63, 3.8) is 0 Å². The van der Waals surface area contributed by atoms with Crippen LogP contribution in [-0.2, 0) is 27.5 Å². The Morgan fingerprint density at radius 2 is 1.31 bits per heavy atom. The first-order valence-corrected chi connectivity index (χ1v) is 14.6. The number of amides is 1. The molecule has 1 N–H and O–H groups in total. The van der Waals surface area contributed by atoms with Gasteiger partial charge in [0.15, 0.2) is 0 Å². The molecule has 0 bridgehead atoms. The highest BCUT2D eigenvalue weighted by molar-refractivity contribution is 5.79. The average molecular weight is 564 g/mol. The molecule has 4 aromatic carbocycles. The second-order valence-electron chi connectivity index (χ2n) is 10.6. The van der Waals surface area contributed by atoms with Gasteiger partial charge < -0.3 is 19.5 Å². The lowest BCUT2D eigenvalue weighted by Gasteiger charge is -2.14. The lowest BCUT2D eigenvalue weighted by molar-refractivity contribution is -0.145. The molecule has 5 rings (SSSR count). The van der Waals surface area contributed by atoms with E-state index in [1.165, 1.54) is 27.8 Å². The Hall–Kier alpha value is -4.58. The highest BCUT2D eigenvalue weighted by Crippen LogP contribution is 2.44. The molecule has 0 aliphatic heterocycles. The number of carbonyl (C=O) groups is 2. The Morgan fingerprint density at radius 3 is 2.00 bits per heavy atom. The number of carbonyl (C=O) groups excluding carboxylic acids is 2. The van der Waals surface area contributed by atoms with Crippen LogP contribution in [0.4, 0.5) is 4.79 Å². The van der Waals surface area contributed by atoms with E-state index in [4.69, 9.17) is 14.2 Å². The second-order valence-corrected chi connectivity index (χ2v) is 10.6. The Morgan fingerprint density at radius 1 is 0.690 bits per heavy atom. The van der Waals surface area contributed by atoms with E-state index in [2.05, 4.69) is 60.8 Å². The molecule has 0 saturated heterocycles. The van der Waals surface area contributed by atoms with E-state index in [1.54, 1.807) is 0 Å². The SMILES string of the molecule is Cc1ccc(COc2ccc(COC(=O)CCCCCNC(=O)OCC3c4ccccc4-c4ccccc43)cc2)cc1. The topological polar surface area (TPSA) is 73.9 Å². The molecule has 0 saturated carbocycles. The molecule has 0 unspecified atom stereocenters. The highest BCUT2D eigenvalue weighted by atomic mass is 16.5. The largest absolute Gasteiger partial charge is 0.489 e. The number of aryl methyl sites for hydroxylation is 1. The fourth-order valence-electron chi connectivity index (χ4n) is 5.18. The van der Waals surface area contributed by atoms with E-state index < -0.39 is 6.09 Å². The summed E-state index contributed by atoms with van der Waals surface area (Å²) in [5, 5.41) is 2.83. The molecule has 1 amide bonds. The summed E-state index contributed by atoms with van der Waals surface area (Å²) in [6, 6.07) is 32.4. The number of benzene rings is 4. The van der Waals surface area contributed by atoms with Crippen molar-refractivity contribution in [2.75, 3.05) is 13.2 Å². The van der Waals surface area contributed by atoms with E-state index in [0.29, 0.717) is 32.6 Å². The summed E-state index contributed by atoms with van der Waals surface area (Å²) in [5.74, 6) is 0.598. The fourth-order valence-corrected chi connectivity index (χ4v) is 5.18. The van der Waals surface area contributed by atoms with Crippen molar-refractivity contribution in [3.8, 4) is 16.9 Å². The maximum Gasteiger partial charge on any atom is 0.407 e. The van der Waals surface area contributed by atoms with Gasteiger partial charge in [-0.15, -0.1) is 0 Å². The highest BCUT2D eigenvalue weighted by Gasteiger charge is 2.28. The zero-order valence-corrected chi connectivity index (χ0v) is 24.0. The molecule has 0 fully saturated rings. The summed E-state index contributed by atoms with van der Waals surface area (Å²) in [6.07, 6.45) is 2.22. The number of ether oxygens (including phenoxy) is 3. The minimum absolute atomic E-state index is 0.0458. The molecule has 42 heavy (non-hydrogen) atoms. The minimum atomic E-state index is -0.414. The predicted octanol–water partition coefficient (Wildman–Crippen LogP) is 7.72. The first kappa shape index (κ1) is 28.9. The van der Waals surface area contributed by atoms with Crippen molar-refractivity contribution >= 4 is 12.1 Å². The zero-order valence-electron chi connectivity index (χ0n) is 24.0. The Labute approximate surface area is 247 Å². The van der Waals surface area contributed by atoms with Crippen LogP contribution in [0.15, 0.2) is 97.1 Å². The number of nitrogens with one attached hydrogen (secondary N) is 1. The van der Waals surface area contributed by atoms with Gasteiger partial charge in [-0.25, -0.2) is 4.79 Å². The van der Waals surface area contributed by atoms with Gasteiger partial charge in [0.05, 0.1) is 0 Å². The van der Waals surface area contributed by atoms with E-state index >= 15 is 0 Å². The molecule has 4 aromatic rings. The zero-order chi connectivity index (χ0) is 29.1. The van der Waals surface area contributed by atoms with Crippen molar-refractivity contribution in [2.45, 2.75) is 51.7 Å². The van der Waals surface area contributed by atoms with Crippen LogP contribution in [0, 0.1) is 6.92 Å². The molecule has 0 radical (unpaired) electrons. The molecule has 216 valence electrons. The maximum atomic E-state index is 12.3. The van der Waals surface area contributed by atoms with Gasteiger partial charge in [-0.1, -0.05) is 96.9 Å². The Kier molecular flexibility index (Phi) is 9.89. The van der Waals surface area contributed by atoms with Gasteiger partial charge in [-0.2, -0.15) is 0 Å². The summed E-state index contributed by atoms with van der Waals surface area (Å²) in [4.78, 5) is 24.5. The summed E-state index contributed by atoms with van der Waals surface area (Å²) >= 11 is 0. The number of esters is 1. The van der Waals surface area contributed by atoms with Crippen LogP contribution in [0.1, 0.15) is 59.4 Å². The smallest absolute Gasteiger partial charge is 0.407 e. The molecule has 0 heterocycles. The number of fused-ring (bicyclic) bond motifs is 3. The standard InChI is InChI=1S/C36H37NO5/c1-26-14-16-27(17-15-26)23-40-29-20-18-28(19-21-29)24-41-35(38)13-3-2-8-22-37-36(39)42-25-34-32-11-6-4-9-30(32)31-10-5-7-12-33(31)34/h4-7,9-12,14-21,34H,2-3,8,13,22-25H2,1H3,(H,37,39). The minimum Gasteiger partial charge on any atom is -0.489 e. The third-order valence-corrected chi connectivity index (χ3v) is 7.52. The molecule has 0 spiro atoms. The summed E-state index contributed by atoms with van der Waals surface area (Å²) in [6.45, 7) is 3.61. The van der Waals surface area contributed by atoms with Gasteiger partial charge in [0.25, 0.3) is 0 Å². The van der Waals surface area contributed by atoms with Crippen LogP contribution < -0.4 is 10.1 Å². The average Bonchev–Trinajstić information content (AvgIpc) is 3.34. The number of rotatable bonds is 13. The Balaban J connectivity index is 0.923. The third-order valence-electron chi connectivity index (χ3n) is 7.52. The van der Waals surface area contributed by atoms with Crippen LogP contribution in [0.25, 0.3) is 11.1 Å². The van der Waals surface area contributed by atoms with Gasteiger partial charge in [0, 0.05) is 18.9 Å². The van der Waals surface area contributed by atoms with Gasteiger partial charge >= 0.3 is 12.1 Å². The second kappa shape index (κ2) is 14.4. The number of hydrogen-bond donors (Lipinski definition) is 1. The molecular formula is C36H37NO5. The molecule has 0 aromatic heterocycles. The molecule has 1 aliphatic carbocycles. The van der Waals surface area contributed by atoms with Gasteiger partial charge in [-0.3, -0.25) is 4.79 Å². The van der Waals surface area contributed by atoms with Crippen LogP contribution in [0.2, 0.25) is 0 Å². The summed E-state index contributed by atoms with van der Waals surface area (Å²) < 4.78 is 16.8. The lowest BCUT2D eigenvalue weighted by Crippen LogP contribution is -2.27. The van der Waals surface area contributed by atoms with E-state index in [9.17, 15) is 9.59 Å². The van der Waals surface area contributed by atoms with Crippen molar-refractivity contribution < 1.29 is 23.8 Å². The number of hydrogen-bond acceptors (Lipinski definition) is 5. The van der Waals surface area contributed by atoms with Crippen molar-refractivity contribution in [1.82, 2.24) is 5.32 Å². The normalized spacial score (nSPS) is 11.8. The van der Waals surface area contributed by atoms with Crippen LogP contribution in [0.5, 0.6) is 5.75 Å². The van der Waals surface area contributed by atoms with Crippen molar-refractivity contribution in [1.29, 1.82) is 0 Å². The van der Waals surface area contributed by atoms with Crippen LogP contribution in [0.3, 0.4) is 0 Å². The molecule has 6 nitrogen and oxygen atoms in total. The Bertz CT molecular complexity index is 1430. The summed E-state index contributed by atoms with van der Waals surface area (Å²) in [7, 11) is 0. The maximum absolute atomic E-state index is 12.3. The number of alkyl carbamates (subject to hydrolysis) is 1. The van der Waals surface area contributed by atoms with Crippen molar-refractivity contribution in [3.05, 3.63) is 125 Å². The first-order chi connectivity index (χ1) is 20.6. The fraction of sp³-hybridized carbons (Fsp3) is 0.278.